The van der Waals surface area contributed by atoms with E-state index in [1.54, 1.807) is 33.4 Å². The van der Waals surface area contributed by atoms with Gasteiger partial charge in [0.1, 0.15) is 24.7 Å². The Balaban J connectivity index is 1.33. The topological polar surface area (TPSA) is 36.1 Å². The number of nitrogens with one attached hydrogen (secondary N) is 3. The van der Waals surface area contributed by atoms with Crippen molar-refractivity contribution < 1.29 is 0 Å². The number of fused-ring (bicyclic) bond motifs is 3. The maximum atomic E-state index is 4.44. The van der Waals surface area contributed by atoms with Crippen molar-refractivity contribution in [2.45, 2.75) is 101 Å². The van der Waals surface area contributed by atoms with Gasteiger partial charge in [-0.1, -0.05) is 112 Å². The summed E-state index contributed by atoms with van der Waals surface area (Å²) >= 11 is 0. The average molecular weight is 584 g/mol. The first kappa shape index (κ1) is 28.3. The van der Waals surface area contributed by atoms with Gasteiger partial charge < -0.3 is 14.9 Å². The summed E-state index contributed by atoms with van der Waals surface area (Å²) in [5.41, 5.74) is 9.31. The molecule has 0 heterocycles. The molecule has 0 spiro atoms. The first-order valence-electron chi connectivity index (χ1n) is 15.6. The van der Waals surface area contributed by atoms with Crippen molar-refractivity contribution in [3.05, 3.63) is 106 Å². The van der Waals surface area contributed by atoms with Crippen LogP contribution in [0, 0.1) is 0 Å². The van der Waals surface area contributed by atoms with Gasteiger partial charge in [-0.25, -0.2) is 0 Å². The molecule has 3 nitrogen and oxygen atoms in total. The zero-order chi connectivity index (χ0) is 28.1. The van der Waals surface area contributed by atoms with Crippen molar-refractivity contribution in [1.29, 1.82) is 0 Å². The summed E-state index contributed by atoms with van der Waals surface area (Å²) in [6.07, 6.45) is 7.33. The zero-order valence-electron chi connectivity index (χ0n) is 25.5. The lowest BCUT2D eigenvalue weighted by Crippen LogP contribution is -2.73. The Morgan fingerprint density at radius 1 is 0.475 bits per heavy atom. The van der Waals surface area contributed by atoms with Crippen LogP contribution in [0.25, 0.3) is 0 Å². The van der Waals surface area contributed by atoms with E-state index in [2.05, 4.69) is 127 Å². The fourth-order valence-corrected chi connectivity index (χ4v) is 36.7. The van der Waals surface area contributed by atoms with E-state index < -0.39 is 24.7 Å². The maximum Gasteiger partial charge on any atom is 0.120 e. The molecule has 40 heavy (non-hydrogen) atoms. The molecule has 0 fully saturated rings. The number of aryl methyl sites for hydroxylation is 3. The average Bonchev–Trinajstić information content (AvgIpc) is 3.61. The highest BCUT2D eigenvalue weighted by atomic mass is 28.5. The predicted octanol–water partition coefficient (Wildman–Crippen LogP) is 7.88. The predicted molar refractivity (Wildman–Crippen MR) is 178 cm³/mol. The summed E-state index contributed by atoms with van der Waals surface area (Å²) in [5.74, 6) is 0. The van der Waals surface area contributed by atoms with Gasteiger partial charge >= 0.3 is 0 Å². The van der Waals surface area contributed by atoms with E-state index >= 15 is 0 Å². The molecule has 3 atom stereocenters. The molecule has 0 aromatic heterocycles. The van der Waals surface area contributed by atoms with Crippen molar-refractivity contribution in [1.82, 2.24) is 14.9 Å². The second-order valence-corrected chi connectivity index (χ2v) is 29.1. The first-order valence-corrected chi connectivity index (χ1v) is 24.8. The quantitative estimate of drug-likeness (QED) is 0.224. The lowest BCUT2D eigenvalue weighted by molar-refractivity contribution is 0.618. The molecule has 0 saturated heterocycles. The highest BCUT2D eigenvalue weighted by Gasteiger charge is 2.55. The van der Waals surface area contributed by atoms with Crippen molar-refractivity contribution in [3.63, 3.8) is 0 Å². The zero-order valence-corrected chi connectivity index (χ0v) is 28.5. The minimum atomic E-state index is -1.92. The third-order valence-electron chi connectivity index (χ3n) is 10.2. The molecule has 0 radical (unpaired) electrons. The molecule has 0 aliphatic heterocycles. The number of benzene rings is 3. The van der Waals surface area contributed by atoms with Crippen molar-refractivity contribution in [2.24, 2.45) is 0 Å². The first-order chi connectivity index (χ1) is 19.1. The molecule has 6 heteroatoms. The molecular formula is C34H49N3Si3. The van der Waals surface area contributed by atoms with Crippen LogP contribution in [0.5, 0.6) is 0 Å². The lowest BCUT2D eigenvalue weighted by Gasteiger charge is -2.52. The smallest absolute Gasteiger partial charge is 0.120 e. The summed E-state index contributed by atoms with van der Waals surface area (Å²) in [4.78, 5) is 14.0. The number of rotatable bonds is 9. The Bertz CT molecular complexity index is 1200. The van der Waals surface area contributed by atoms with Crippen LogP contribution in [0.1, 0.15) is 70.8 Å². The van der Waals surface area contributed by atoms with Gasteiger partial charge in [-0.15, -0.1) is 0 Å². The van der Waals surface area contributed by atoms with Crippen LogP contribution < -0.4 is 14.9 Å². The van der Waals surface area contributed by atoms with Crippen molar-refractivity contribution in [3.8, 4) is 0 Å². The van der Waals surface area contributed by atoms with Gasteiger partial charge in [-0.05, 0) is 76.7 Å². The van der Waals surface area contributed by atoms with E-state index in [4.69, 9.17) is 0 Å². The third-order valence-corrected chi connectivity index (χ3v) is 30.8. The standard InChI is InChI=1S/C34H49N3Si3/c1-38(2,35-31-22-19-25-13-7-10-16-28(25)31)34(39(3,4)36-32-23-20-26-14-8-11-17-29(26)32)40(5,6)37-33-24-21-27-15-9-12-18-30(27)33/h7-18,31-37H,19-24H2,1-6H3/t31-,32-,33-/m1/s1. The van der Waals surface area contributed by atoms with Gasteiger partial charge in [0.05, 0.1) is 0 Å². The van der Waals surface area contributed by atoms with E-state index in [1.165, 1.54) is 38.5 Å². The van der Waals surface area contributed by atoms with Gasteiger partial charge in [0, 0.05) is 18.1 Å². The van der Waals surface area contributed by atoms with Gasteiger partial charge in [-0.3, -0.25) is 0 Å². The minimum Gasteiger partial charge on any atom is -0.331 e. The molecule has 0 unspecified atom stereocenters. The monoisotopic (exact) mass is 583 g/mol. The van der Waals surface area contributed by atoms with Gasteiger partial charge in [0.15, 0.2) is 0 Å². The van der Waals surface area contributed by atoms with E-state index in [1.807, 2.05) is 0 Å². The summed E-state index contributed by atoms with van der Waals surface area (Å²) in [6, 6.07) is 29.0. The van der Waals surface area contributed by atoms with Gasteiger partial charge in [0.2, 0.25) is 0 Å². The largest absolute Gasteiger partial charge is 0.331 e. The maximum absolute atomic E-state index is 4.44. The van der Waals surface area contributed by atoms with E-state index in [0.29, 0.717) is 22.9 Å². The molecule has 3 aliphatic rings. The molecule has 3 N–H and O–H groups in total. The molecule has 0 bridgehead atoms. The van der Waals surface area contributed by atoms with E-state index in [9.17, 15) is 0 Å². The summed E-state index contributed by atoms with van der Waals surface area (Å²) < 4.78 is 0. The molecule has 0 saturated carbocycles. The van der Waals surface area contributed by atoms with E-state index in [-0.39, 0.29) is 0 Å². The molecule has 3 aromatic carbocycles. The Labute approximate surface area is 245 Å². The van der Waals surface area contributed by atoms with Crippen LogP contribution in [0.4, 0.5) is 0 Å². The fourth-order valence-electron chi connectivity index (χ4n) is 9.42. The molecular weight excluding hydrogens is 535 g/mol. The fraction of sp³-hybridized carbons (Fsp3) is 0.471. The second-order valence-electron chi connectivity index (χ2n) is 14.4. The van der Waals surface area contributed by atoms with Crippen molar-refractivity contribution >= 4 is 24.7 Å². The molecule has 6 rings (SSSR count). The minimum absolute atomic E-state index is 0.495. The van der Waals surface area contributed by atoms with Gasteiger partial charge in [0.25, 0.3) is 0 Å². The Morgan fingerprint density at radius 3 is 1.05 bits per heavy atom. The third kappa shape index (κ3) is 5.39. The number of hydrogen-bond donors (Lipinski definition) is 3. The van der Waals surface area contributed by atoms with Crippen LogP contribution in [-0.2, 0) is 19.3 Å². The second kappa shape index (κ2) is 10.8. The molecule has 3 aliphatic carbocycles. The lowest BCUT2D eigenvalue weighted by atomic mass is 10.1. The van der Waals surface area contributed by atoms with Crippen LogP contribution in [0.15, 0.2) is 72.8 Å². The molecule has 212 valence electrons. The van der Waals surface area contributed by atoms with Crippen LogP contribution >= 0.6 is 0 Å². The number of hydrogen-bond acceptors (Lipinski definition) is 3. The van der Waals surface area contributed by atoms with Crippen molar-refractivity contribution in [2.75, 3.05) is 0 Å². The van der Waals surface area contributed by atoms with Crippen LogP contribution in [0.3, 0.4) is 0 Å². The molecule has 3 aromatic rings. The summed E-state index contributed by atoms with van der Waals surface area (Å²) in [6.45, 7) is 16.0. The highest BCUT2D eigenvalue weighted by molar-refractivity contribution is 7.11. The van der Waals surface area contributed by atoms with Gasteiger partial charge in [-0.2, -0.15) is 0 Å². The Hall–Kier alpha value is -1.81. The Morgan fingerprint density at radius 2 is 0.750 bits per heavy atom. The highest BCUT2D eigenvalue weighted by Crippen LogP contribution is 2.44. The summed E-state index contributed by atoms with van der Waals surface area (Å²) in [7, 11) is -5.75. The normalized spacial score (nSPS) is 22.4. The Kier molecular flexibility index (Phi) is 7.64. The molecule has 0 amide bonds. The SMILES string of the molecule is C[Si](C)(N[C@@H]1CCc2ccccc21)C([Si](C)(C)N[C@@H]1CCc2ccccc21)[Si](C)(C)N[C@@H]1CCc2ccccc21. The van der Waals surface area contributed by atoms with Crippen LogP contribution in [0.2, 0.25) is 44.1 Å². The van der Waals surface area contributed by atoms with Crippen LogP contribution in [-0.4, -0.2) is 24.7 Å². The van der Waals surface area contributed by atoms with E-state index in [0.717, 1.165) is 0 Å². The summed E-state index contributed by atoms with van der Waals surface area (Å²) in [5, 5.41) is 0.